The van der Waals surface area contributed by atoms with E-state index in [-0.39, 0.29) is 0 Å². The van der Waals surface area contributed by atoms with E-state index in [1.54, 1.807) is 7.11 Å². The summed E-state index contributed by atoms with van der Waals surface area (Å²) >= 11 is 0. The fourth-order valence-corrected chi connectivity index (χ4v) is 2.35. The number of nitrogens with zero attached hydrogens (tertiary/aromatic N) is 1. The van der Waals surface area contributed by atoms with Gasteiger partial charge < -0.3 is 15.0 Å². The molecule has 0 radical (unpaired) electrons. The second kappa shape index (κ2) is 5.41. The molecule has 2 atom stereocenters. The van der Waals surface area contributed by atoms with Gasteiger partial charge in [0, 0.05) is 36.9 Å². The van der Waals surface area contributed by atoms with Crippen LogP contribution >= 0.6 is 0 Å². The van der Waals surface area contributed by atoms with Crippen molar-refractivity contribution < 1.29 is 4.74 Å². The van der Waals surface area contributed by atoms with Gasteiger partial charge in [0.1, 0.15) is 5.75 Å². The lowest BCUT2D eigenvalue weighted by Crippen LogP contribution is -2.55. The van der Waals surface area contributed by atoms with Crippen LogP contribution in [0.25, 0.3) is 0 Å². The standard InChI is InChI=1S/C14H22N2O/c1-4-12-10-16(11(2)9-15-12)13-6-5-7-14(8-13)17-3/h5-8,11-12,15H,4,9-10H2,1-3H3. The van der Waals surface area contributed by atoms with Crippen LogP contribution < -0.4 is 15.0 Å². The number of anilines is 1. The van der Waals surface area contributed by atoms with E-state index in [2.05, 4.69) is 42.3 Å². The molecule has 0 spiro atoms. The Morgan fingerprint density at radius 3 is 3.00 bits per heavy atom. The van der Waals surface area contributed by atoms with Gasteiger partial charge in [0.25, 0.3) is 0 Å². The molecule has 17 heavy (non-hydrogen) atoms. The first-order chi connectivity index (χ1) is 8.24. The zero-order chi connectivity index (χ0) is 12.3. The molecule has 1 aliphatic rings. The molecule has 1 N–H and O–H groups in total. The van der Waals surface area contributed by atoms with Crippen molar-refractivity contribution in [2.75, 3.05) is 25.1 Å². The monoisotopic (exact) mass is 234 g/mol. The highest BCUT2D eigenvalue weighted by molar-refractivity contribution is 5.52. The van der Waals surface area contributed by atoms with Crippen molar-refractivity contribution in [1.29, 1.82) is 0 Å². The van der Waals surface area contributed by atoms with Crippen molar-refractivity contribution in [3.8, 4) is 5.75 Å². The quantitative estimate of drug-likeness (QED) is 0.868. The van der Waals surface area contributed by atoms with E-state index in [4.69, 9.17) is 4.74 Å². The maximum absolute atomic E-state index is 5.29. The normalized spacial score (nSPS) is 24.8. The van der Waals surface area contributed by atoms with E-state index >= 15 is 0 Å². The second-order valence-corrected chi connectivity index (χ2v) is 4.72. The van der Waals surface area contributed by atoms with Crippen LogP contribution in [-0.2, 0) is 0 Å². The van der Waals surface area contributed by atoms with Crippen molar-refractivity contribution in [3.63, 3.8) is 0 Å². The number of methoxy groups -OCH3 is 1. The van der Waals surface area contributed by atoms with Crippen LogP contribution in [0, 0.1) is 0 Å². The number of nitrogens with one attached hydrogen (secondary N) is 1. The third-order valence-corrected chi connectivity index (χ3v) is 3.53. The van der Waals surface area contributed by atoms with Gasteiger partial charge in [-0.05, 0) is 25.5 Å². The van der Waals surface area contributed by atoms with Gasteiger partial charge in [0.05, 0.1) is 7.11 Å². The summed E-state index contributed by atoms with van der Waals surface area (Å²) in [5.74, 6) is 0.932. The van der Waals surface area contributed by atoms with Crippen molar-refractivity contribution >= 4 is 5.69 Å². The van der Waals surface area contributed by atoms with Gasteiger partial charge in [-0.2, -0.15) is 0 Å². The summed E-state index contributed by atoms with van der Waals surface area (Å²) in [4.78, 5) is 2.47. The van der Waals surface area contributed by atoms with E-state index in [0.717, 1.165) is 18.8 Å². The Morgan fingerprint density at radius 2 is 2.29 bits per heavy atom. The summed E-state index contributed by atoms with van der Waals surface area (Å²) in [5.41, 5.74) is 1.26. The van der Waals surface area contributed by atoms with Crippen molar-refractivity contribution in [2.24, 2.45) is 0 Å². The Morgan fingerprint density at radius 1 is 1.47 bits per heavy atom. The van der Waals surface area contributed by atoms with Crippen LogP contribution in [0.15, 0.2) is 24.3 Å². The minimum Gasteiger partial charge on any atom is -0.497 e. The molecule has 1 fully saturated rings. The van der Waals surface area contributed by atoms with Crippen LogP contribution in [0.1, 0.15) is 20.3 Å². The summed E-state index contributed by atoms with van der Waals surface area (Å²) in [6.45, 7) is 6.62. The summed E-state index contributed by atoms with van der Waals surface area (Å²) < 4.78 is 5.29. The molecule has 3 heteroatoms. The molecule has 0 aliphatic carbocycles. The van der Waals surface area contributed by atoms with Gasteiger partial charge >= 0.3 is 0 Å². The van der Waals surface area contributed by atoms with Gasteiger partial charge in [-0.15, -0.1) is 0 Å². The molecule has 2 unspecified atom stereocenters. The zero-order valence-electron chi connectivity index (χ0n) is 10.9. The topological polar surface area (TPSA) is 24.5 Å². The Labute approximate surface area is 104 Å². The molecule has 2 rings (SSSR count). The first-order valence-corrected chi connectivity index (χ1v) is 6.38. The first kappa shape index (κ1) is 12.2. The van der Waals surface area contributed by atoms with E-state index in [1.165, 1.54) is 12.1 Å². The average Bonchev–Trinajstić information content (AvgIpc) is 2.39. The molecule has 0 saturated carbocycles. The lowest BCUT2D eigenvalue weighted by atomic mass is 10.1. The van der Waals surface area contributed by atoms with E-state index in [9.17, 15) is 0 Å². The molecular weight excluding hydrogens is 212 g/mol. The lowest BCUT2D eigenvalue weighted by Gasteiger charge is -2.40. The Balaban J connectivity index is 2.18. The Kier molecular flexibility index (Phi) is 3.89. The number of piperazine rings is 1. The summed E-state index contributed by atoms with van der Waals surface area (Å²) in [6, 6.07) is 9.46. The van der Waals surface area contributed by atoms with Gasteiger partial charge in [-0.25, -0.2) is 0 Å². The molecule has 1 aromatic rings. The molecule has 3 nitrogen and oxygen atoms in total. The largest absolute Gasteiger partial charge is 0.497 e. The molecule has 1 saturated heterocycles. The number of hydrogen-bond acceptors (Lipinski definition) is 3. The third kappa shape index (κ3) is 2.72. The summed E-state index contributed by atoms with van der Waals surface area (Å²) in [7, 11) is 1.72. The fourth-order valence-electron chi connectivity index (χ4n) is 2.35. The molecule has 0 bridgehead atoms. The van der Waals surface area contributed by atoms with Gasteiger partial charge in [0.2, 0.25) is 0 Å². The number of benzene rings is 1. The van der Waals surface area contributed by atoms with E-state index in [0.29, 0.717) is 12.1 Å². The summed E-state index contributed by atoms with van der Waals surface area (Å²) in [6.07, 6.45) is 1.17. The fraction of sp³-hybridized carbons (Fsp3) is 0.571. The Hall–Kier alpha value is -1.22. The molecule has 1 aromatic carbocycles. The van der Waals surface area contributed by atoms with Crippen molar-refractivity contribution in [3.05, 3.63) is 24.3 Å². The van der Waals surface area contributed by atoms with Crippen LogP contribution in [0.3, 0.4) is 0 Å². The molecule has 0 aromatic heterocycles. The number of hydrogen-bond donors (Lipinski definition) is 1. The minimum atomic E-state index is 0.532. The minimum absolute atomic E-state index is 0.532. The van der Waals surface area contributed by atoms with Gasteiger partial charge in [-0.1, -0.05) is 13.0 Å². The molecule has 0 amide bonds. The average molecular weight is 234 g/mol. The lowest BCUT2D eigenvalue weighted by molar-refractivity contribution is 0.395. The van der Waals surface area contributed by atoms with Crippen LogP contribution in [-0.4, -0.2) is 32.3 Å². The van der Waals surface area contributed by atoms with Crippen LogP contribution in [0.5, 0.6) is 5.75 Å². The van der Waals surface area contributed by atoms with E-state index in [1.807, 2.05) is 6.07 Å². The maximum Gasteiger partial charge on any atom is 0.120 e. The predicted molar refractivity (Wildman–Crippen MR) is 71.9 cm³/mol. The highest BCUT2D eigenvalue weighted by Crippen LogP contribution is 2.24. The smallest absolute Gasteiger partial charge is 0.120 e. The first-order valence-electron chi connectivity index (χ1n) is 6.38. The Bertz CT molecular complexity index is 367. The SMILES string of the molecule is CCC1CN(c2cccc(OC)c2)C(C)CN1. The number of rotatable bonds is 3. The van der Waals surface area contributed by atoms with Gasteiger partial charge in [-0.3, -0.25) is 0 Å². The van der Waals surface area contributed by atoms with Crippen LogP contribution in [0.4, 0.5) is 5.69 Å². The van der Waals surface area contributed by atoms with Gasteiger partial charge in [0.15, 0.2) is 0 Å². The van der Waals surface area contributed by atoms with E-state index < -0.39 is 0 Å². The van der Waals surface area contributed by atoms with Crippen LogP contribution in [0.2, 0.25) is 0 Å². The molecule has 94 valence electrons. The number of ether oxygens (including phenoxy) is 1. The van der Waals surface area contributed by atoms with Crippen molar-refractivity contribution in [2.45, 2.75) is 32.4 Å². The zero-order valence-corrected chi connectivity index (χ0v) is 10.9. The second-order valence-electron chi connectivity index (χ2n) is 4.72. The molecule has 1 heterocycles. The maximum atomic E-state index is 5.29. The van der Waals surface area contributed by atoms with Crippen molar-refractivity contribution in [1.82, 2.24) is 5.32 Å². The highest BCUT2D eigenvalue weighted by Gasteiger charge is 2.24. The molecular formula is C14H22N2O. The summed E-state index contributed by atoms with van der Waals surface area (Å²) in [5, 5.41) is 3.57. The molecule has 1 aliphatic heterocycles. The predicted octanol–water partition coefficient (Wildman–Crippen LogP) is 2.27. The third-order valence-electron chi connectivity index (χ3n) is 3.53. The highest BCUT2D eigenvalue weighted by atomic mass is 16.5.